The van der Waals surface area contributed by atoms with Gasteiger partial charge in [-0.25, -0.2) is 4.39 Å². The monoisotopic (exact) mass is 307 g/mol. The number of hydrogen-bond acceptors (Lipinski definition) is 3. The molecule has 0 aromatic heterocycles. The van der Waals surface area contributed by atoms with Crippen molar-refractivity contribution in [3.63, 3.8) is 0 Å². The minimum absolute atomic E-state index is 0.164. The van der Waals surface area contributed by atoms with Crippen LogP contribution in [0.2, 0.25) is 0 Å². The summed E-state index contributed by atoms with van der Waals surface area (Å²) in [6, 6.07) is 5.92. The summed E-state index contributed by atoms with van der Waals surface area (Å²) >= 11 is 0. The zero-order valence-electron chi connectivity index (χ0n) is 12.1. The van der Waals surface area contributed by atoms with Crippen LogP contribution in [0.3, 0.4) is 0 Å². The molecule has 0 bridgehead atoms. The van der Waals surface area contributed by atoms with E-state index in [1.54, 1.807) is 18.2 Å². The average molecular weight is 307 g/mol. The quantitative estimate of drug-likeness (QED) is 0.844. The zero-order chi connectivity index (χ0) is 15.9. The number of nitrogens with zero attached hydrogens (tertiary/aromatic N) is 1. The number of rotatable bonds is 5. The van der Waals surface area contributed by atoms with E-state index >= 15 is 0 Å². The van der Waals surface area contributed by atoms with Crippen LogP contribution in [-0.4, -0.2) is 47.7 Å². The van der Waals surface area contributed by atoms with Crippen molar-refractivity contribution in [2.24, 2.45) is 0 Å². The van der Waals surface area contributed by atoms with E-state index in [4.69, 9.17) is 9.84 Å². The molecule has 0 radical (unpaired) electrons. The Bertz CT molecular complexity index is 567. The number of carboxylic acid groups (broad SMARTS) is 1. The Balaban J connectivity index is 2.11. The molecule has 1 aliphatic heterocycles. The first-order valence-electron chi connectivity index (χ1n) is 7.10. The Hall–Kier alpha value is -2.21. The SMILES string of the molecule is O=C(O)CN(C(=O)/C=C/c1ccccc1F)C1CCOCC1. The first-order chi connectivity index (χ1) is 10.6. The highest BCUT2D eigenvalue weighted by Gasteiger charge is 2.26. The summed E-state index contributed by atoms with van der Waals surface area (Å²) in [6.07, 6.45) is 3.79. The highest BCUT2D eigenvalue weighted by molar-refractivity contribution is 5.93. The lowest BCUT2D eigenvalue weighted by Gasteiger charge is -2.32. The van der Waals surface area contributed by atoms with Gasteiger partial charge >= 0.3 is 5.97 Å². The van der Waals surface area contributed by atoms with E-state index in [0.29, 0.717) is 26.1 Å². The van der Waals surface area contributed by atoms with Crippen LogP contribution >= 0.6 is 0 Å². The summed E-state index contributed by atoms with van der Waals surface area (Å²) in [5.41, 5.74) is 0.290. The molecule has 1 N–H and O–H groups in total. The maximum Gasteiger partial charge on any atom is 0.323 e. The van der Waals surface area contributed by atoms with Crippen LogP contribution in [0.15, 0.2) is 30.3 Å². The zero-order valence-corrected chi connectivity index (χ0v) is 12.1. The summed E-state index contributed by atoms with van der Waals surface area (Å²) in [5, 5.41) is 8.98. The van der Waals surface area contributed by atoms with Gasteiger partial charge in [0.05, 0.1) is 0 Å². The predicted octanol–water partition coefficient (Wildman–Crippen LogP) is 1.93. The number of hydrogen-bond donors (Lipinski definition) is 1. The van der Waals surface area contributed by atoms with Gasteiger partial charge in [0.25, 0.3) is 0 Å². The molecule has 0 atom stereocenters. The molecule has 1 aliphatic rings. The maximum atomic E-state index is 13.5. The Morgan fingerprint density at radius 2 is 2.00 bits per heavy atom. The van der Waals surface area contributed by atoms with Crippen LogP contribution in [0, 0.1) is 5.82 Å². The van der Waals surface area contributed by atoms with Crippen LogP contribution < -0.4 is 0 Å². The Kier molecular flexibility index (Phi) is 5.66. The topological polar surface area (TPSA) is 66.8 Å². The molecule has 1 heterocycles. The first kappa shape index (κ1) is 16.2. The molecular formula is C16H18FNO4. The Morgan fingerprint density at radius 1 is 1.32 bits per heavy atom. The van der Waals surface area contributed by atoms with Gasteiger partial charge in [0.15, 0.2) is 0 Å². The lowest BCUT2D eigenvalue weighted by atomic mass is 10.1. The molecule has 6 heteroatoms. The third-order valence-electron chi connectivity index (χ3n) is 3.53. The van der Waals surface area contributed by atoms with Gasteiger partial charge in [0.2, 0.25) is 5.91 Å². The number of aliphatic carboxylic acids is 1. The first-order valence-corrected chi connectivity index (χ1v) is 7.10. The molecule has 5 nitrogen and oxygen atoms in total. The molecule has 0 unspecified atom stereocenters. The molecule has 0 saturated carbocycles. The highest BCUT2D eigenvalue weighted by atomic mass is 19.1. The molecule has 1 saturated heterocycles. The maximum absolute atomic E-state index is 13.5. The Morgan fingerprint density at radius 3 is 2.64 bits per heavy atom. The van der Waals surface area contributed by atoms with Crippen LogP contribution in [0.1, 0.15) is 18.4 Å². The van der Waals surface area contributed by atoms with Crippen molar-refractivity contribution in [3.8, 4) is 0 Å². The average Bonchev–Trinajstić information content (AvgIpc) is 2.52. The van der Waals surface area contributed by atoms with Crippen molar-refractivity contribution < 1.29 is 23.8 Å². The summed E-state index contributed by atoms with van der Waals surface area (Å²) in [7, 11) is 0. The molecule has 0 aliphatic carbocycles. The number of amides is 1. The number of carboxylic acids is 1. The molecule has 1 aromatic carbocycles. The van der Waals surface area contributed by atoms with Gasteiger partial charge in [-0.3, -0.25) is 9.59 Å². The van der Waals surface area contributed by atoms with E-state index in [-0.39, 0.29) is 18.2 Å². The van der Waals surface area contributed by atoms with Gasteiger partial charge in [-0.15, -0.1) is 0 Å². The van der Waals surface area contributed by atoms with E-state index in [1.165, 1.54) is 23.1 Å². The summed E-state index contributed by atoms with van der Waals surface area (Å²) in [5.74, 6) is -1.93. The fourth-order valence-corrected chi connectivity index (χ4v) is 2.40. The van der Waals surface area contributed by atoms with Crippen LogP contribution in [0.4, 0.5) is 4.39 Å². The molecule has 118 valence electrons. The van der Waals surface area contributed by atoms with Crippen LogP contribution in [0.5, 0.6) is 0 Å². The summed E-state index contributed by atoms with van der Waals surface area (Å²) in [4.78, 5) is 24.6. The standard InChI is InChI=1S/C16H18FNO4/c17-14-4-2-1-3-12(14)5-6-15(19)18(11-16(20)21)13-7-9-22-10-8-13/h1-6,13H,7-11H2,(H,20,21)/b6-5+. The third kappa shape index (κ3) is 4.39. The second-order valence-corrected chi connectivity index (χ2v) is 5.06. The van der Waals surface area contributed by atoms with E-state index in [0.717, 1.165) is 0 Å². The molecule has 1 fully saturated rings. The summed E-state index contributed by atoms with van der Waals surface area (Å²) < 4.78 is 18.7. The fraction of sp³-hybridized carbons (Fsp3) is 0.375. The van der Waals surface area contributed by atoms with Gasteiger partial charge < -0.3 is 14.7 Å². The van der Waals surface area contributed by atoms with E-state index in [1.807, 2.05) is 0 Å². The second-order valence-electron chi connectivity index (χ2n) is 5.06. The third-order valence-corrected chi connectivity index (χ3v) is 3.53. The number of benzene rings is 1. The molecular weight excluding hydrogens is 289 g/mol. The largest absolute Gasteiger partial charge is 0.480 e. The number of halogens is 1. The van der Waals surface area contributed by atoms with Crippen molar-refractivity contribution >= 4 is 18.0 Å². The van der Waals surface area contributed by atoms with E-state index in [9.17, 15) is 14.0 Å². The molecule has 1 amide bonds. The fourth-order valence-electron chi connectivity index (χ4n) is 2.40. The van der Waals surface area contributed by atoms with Gasteiger partial charge in [0.1, 0.15) is 12.4 Å². The molecule has 0 spiro atoms. The second kappa shape index (κ2) is 7.70. The molecule has 22 heavy (non-hydrogen) atoms. The lowest BCUT2D eigenvalue weighted by molar-refractivity contribution is -0.145. The normalized spacial score (nSPS) is 15.9. The van der Waals surface area contributed by atoms with E-state index in [2.05, 4.69) is 0 Å². The van der Waals surface area contributed by atoms with Crippen molar-refractivity contribution in [3.05, 3.63) is 41.7 Å². The van der Waals surface area contributed by atoms with Gasteiger partial charge in [-0.1, -0.05) is 18.2 Å². The van der Waals surface area contributed by atoms with Crippen molar-refractivity contribution in [2.75, 3.05) is 19.8 Å². The highest BCUT2D eigenvalue weighted by Crippen LogP contribution is 2.16. The predicted molar refractivity (Wildman–Crippen MR) is 78.6 cm³/mol. The minimum Gasteiger partial charge on any atom is -0.480 e. The van der Waals surface area contributed by atoms with E-state index < -0.39 is 17.7 Å². The van der Waals surface area contributed by atoms with Gasteiger partial charge in [-0.2, -0.15) is 0 Å². The van der Waals surface area contributed by atoms with Crippen LogP contribution in [0.25, 0.3) is 6.08 Å². The smallest absolute Gasteiger partial charge is 0.323 e. The van der Waals surface area contributed by atoms with Crippen molar-refractivity contribution in [1.29, 1.82) is 0 Å². The van der Waals surface area contributed by atoms with Crippen molar-refractivity contribution in [1.82, 2.24) is 4.90 Å². The number of ether oxygens (including phenoxy) is 1. The minimum atomic E-state index is -1.07. The van der Waals surface area contributed by atoms with Gasteiger partial charge in [-0.05, 0) is 25.0 Å². The number of carbonyl (C=O) groups excluding carboxylic acids is 1. The van der Waals surface area contributed by atoms with Crippen molar-refractivity contribution in [2.45, 2.75) is 18.9 Å². The molecule has 2 rings (SSSR count). The summed E-state index contributed by atoms with van der Waals surface area (Å²) in [6.45, 7) is 0.640. The molecule has 1 aromatic rings. The lowest BCUT2D eigenvalue weighted by Crippen LogP contribution is -2.45. The Labute approximate surface area is 128 Å². The number of carbonyl (C=O) groups is 2. The van der Waals surface area contributed by atoms with Crippen LogP contribution in [-0.2, 0) is 14.3 Å². The van der Waals surface area contributed by atoms with Gasteiger partial charge in [0, 0.05) is 30.9 Å².